The highest BCUT2D eigenvalue weighted by Gasteiger charge is 2.14. The van der Waals surface area contributed by atoms with Crippen molar-refractivity contribution < 1.29 is 19.0 Å². The summed E-state index contributed by atoms with van der Waals surface area (Å²) in [5.41, 5.74) is 1.82. The molecular weight excluding hydrogens is 429 g/mol. The van der Waals surface area contributed by atoms with Crippen LogP contribution in [0.3, 0.4) is 0 Å². The van der Waals surface area contributed by atoms with Gasteiger partial charge in [0.2, 0.25) is 4.80 Å². The second-order valence-electron chi connectivity index (χ2n) is 6.89. The quantitative estimate of drug-likeness (QED) is 0.278. The molecule has 0 aliphatic heterocycles. The Bertz CT molecular complexity index is 1500. The number of benzene rings is 3. The fraction of sp³-hybridized carbons (Fsp3) is 0. The van der Waals surface area contributed by atoms with E-state index in [0.717, 1.165) is 11.0 Å². The van der Waals surface area contributed by atoms with Crippen LogP contribution in [0.4, 0.5) is 10.1 Å². The molecule has 0 radical (unpaired) electrons. The van der Waals surface area contributed by atoms with Gasteiger partial charge in [0.25, 0.3) is 0 Å². The van der Waals surface area contributed by atoms with E-state index in [-0.39, 0.29) is 17.2 Å². The van der Waals surface area contributed by atoms with Crippen molar-refractivity contribution in [3.05, 3.63) is 94.4 Å². The van der Waals surface area contributed by atoms with E-state index in [0.29, 0.717) is 21.8 Å². The van der Waals surface area contributed by atoms with Crippen LogP contribution in [0, 0.1) is 5.82 Å². The van der Waals surface area contributed by atoms with Gasteiger partial charge in [0, 0.05) is 16.3 Å². The smallest absolute Gasteiger partial charge is 0.211 e. The molecule has 0 aliphatic rings. The molecular formula is C24H16FN3O3S. The third kappa shape index (κ3) is 3.67. The first-order valence-electron chi connectivity index (χ1n) is 9.64. The van der Waals surface area contributed by atoms with Crippen LogP contribution >= 0.6 is 11.3 Å². The first-order valence-corrected chi connectivity index (χ1v) is 10.5. The number of halogens is 1. The van der Waals surface area contributed by atoms with Gasteiger partial charge in [-0.25, -0.2) is 14.1 Å². The number of phenolic OH excluding ortho intramolecular Hbond substituents is 2. The van der Waals surface area contributed by atoms with Gasteiger partial charge in [0.15, 0.2) is 17.3 Å². The number of hydrogen-bond acceptors (Lipinski definition) is 6. The van der Waals surface area contributed by atoms with Gasteiger partial charge in [-0.3, -0.25) is 0 Å². The van der Waals surface area contributed by atoms with Crippen LogP contribution in [-0.4, -0.2) is 21.1 Å². The Balaban J connectivity index is 1.69. The lowest BCUT2D eigenvalue weighted by atomic mass is 10.2. The topological polar surface area (TPSA) is 83.2 Å². The summed E-state index contributed by atoms with van der Waals surface area (Å²) in [6, 6.07) is 20.3. The number of rotatable bonds is 4. The molecule has 2 N–H and O–H groups in total. The van der Waals surface area contributed by atoms with Crippen molar-refractivity contribution in [2.45, 2.75) is 0 Å². The second-order valence-corrected chi connectivity index (χ2v) is 7.72. The Morgan fingerprint density at radius 3 is 2.62 bits per heavy atom. The Morgan fingerprint density at radius 1 is 0.969 bits per heavy atom. The monoisotopic (exact) mass is 445 g/mol. The zero-order valence-electron chi connectivity index (χ0n) is 16.5. The third-order valence-electron chi connectivity index (χ3n) is 4.79. The number of fused-ring (bicyclic) bond motifs is 1. The molecule has 2 aromatic heterocycles. The first-order chi connectivity index (χ1) is 15.6. The maximum absolute atomic E-state index is 14.2. The van der Waals surface area contributed by atoms with Crippen molar-refractivity contribution in [2.24, 2.45) is 10.1 Å². The van der Waals surface area contributed by atoms with Gasteiger partial charge in [-0.15, -0.1) is 11.3 Å². The normalized spacial score (nSPS) is 12.2. The summed E-state index contributed by atoms with van der Waals surface area (Å²) < 4.78 is 21.7. The van der Waals surface area contributed by atoms with Gasteiger partial charge in [-0.1, -0.05) is 36.4 Å². The van der Waals surface area contributed by atoms with Gasteiger partial charge in [0.1, 0.15) is 22.8 Å². The van der Waals surface area contributed by atoms with Crippen molar-refractivity contribution in [1.82, 2.24) is 4.68 Å². The molecule has 158 valence electrons. The zero-order valence-corrected chi connectivity index (χ0v) is 17.3. The fourth-order valence-corrected chi connectivity index (χ4v) is 4.01. The van der Waals surface area contributed by atoms with Crippen LogP contribution < -0.4 is 4.80 Å². The Labute approximate surface area is 185 Å². The summed E-state index contributed by atoms with van der Waals surface area (Å²) in [6.07, 6.45) is 1.40. The molecule has 0 fully saturated rings. The summed E-state index contributed by atoms with van der Waals surface area (Å²) in [7, 11) is 0. The molecule has 0 amide bonds. The average Bonchev–Trinajstić information content (AvgIpc) is 3.40. The number of thiazole rings is 1. The molecule has 2 heterocycles. The van der Waals surface area contributed by atoms with Gasteiger partial charge >= 0.3 is 0 Å². The summed E-state index contributed by atoms with van der Waals surface area (Å²) in [4.78, 5) is 4.84. The summed E-state index contributed by atoms with van der Waals surface area (Å²) >= 11 is 1.27. The van der Waals surface area contributed by atoms with Crippen molar-refractivity contribution in [1.29, 1.82) is 0 Å². The Morgan fingerprint density at radius 2 is 1.78 bits per heavy atom. The van der Waals surface area contributed by atoms with Gasteiger partial charge in [-0.05, 0) is 36.4 Å². The lowest BCUT2D eigenvalue weighted by molar-refractivity contribution is 0.403. The predicted octanol–water partition coefficient (Wildman–Crippen LogP) is 5.63. The standard InChI is InChI=1S/C24H16FN3O3S/c25-17-8-2-3-9-18(17)27-24-28(26-13-16-7-5-10-20(29)23(16)30)19(14-32-24)22-12-15-6-1-4-11-21(15)31-22/h1-14,29-30H. The number of para-hydroxylation sites is 3. The van der Waals surface area contributed by atoms with Crippen LogP contribution in [0.15, 0.2) is 92.7 Å². The largest absolute Gasteiger partial charge is 0.504 e. The molecule has 0 saturated carbocycles. The van der Waals surface area contributed by atoms with Crippen molar-refractivity contribution in [3.63, 3.8) is 0 Å². The van der Waals surface area contributed by atoms with E-state index in [1.807, 2.05) is 35.7 Å². The minimum absolute atomic E-state index is 0.176. The van der Waals surface area contributed by atoms with E-state index < -0.39 is 5.82 Å². The first kappa shape index (κ1) is 19.8. The van der Waals surface area contributed by atoms with E-state index in [1.165, 1.54) is 34.4 Å². The minimum atomic E-state index is -0.452. The molecule has 3 aromatic carbocycles. The molecule has 0 atom stereocenters. The van der Waals surface area contributed by atoms with Crippen LogP contribution in [0.2, 0.25) is 0 Å². The fourth-order valence-electron chi connectivity index (χ4n) is 3.19. The average molecular weight is 445 g/mol. The van der Waals surface area contributed by atoms with Gasteiger partial charge in [0.05, 0.1) is 6.21 Å². The minimum Gasteiger partial charge on any atom is -0.504 e. The SMILES string of the molecule is Oc1cccc(C=Nn2c(-c3cc4ccccc4o3)csc2=Nc2ccccc2F)c1O. The van der Waals surface area contributed by atoms with Crippen LogP contribution in [0.1, 0.15) is 5.56 Å². The number of hydrogen-bond donors (Lipinski definition) is 2. The van der Waals surface area contributed by atoms with Gasteiger partial charge < -0.3 is 14.6 Å². The van der Waals surface area contributed by atoms with E-state index in [1.54, 1.807) is 30.3 Å². The molecule has 8 heteroatoms. The van der Waals surface area contributed by atoms with E-state index >= 15 is 0 Å². The molecule has 0 spiro atoms. The van der Waals surface area contributed by atoms with Crippen molar-refractivity contribution in [2.75, 3.05) is 0 Å². The van der Waals surface area contributed by atoms with Crippen LogP contribution in [0.25, 0.3) is 22.4 Å². The summed E-state index contributed by atoms with van der Waals surface area (Å²) in [6.45, 7) is 0. The zero-order chi connectivity index (χ0) is 22.1. The Kier molecular flexibility index (Phi) is 5.04. The molecule has 5 aromatic rings. The highest BCUT2D eigenvalue weighted by Crippen LogP contribution is 2.29. The highest BCUT2D eigenvalue weighted by atomic mass is 32.1. The predicted molar refractivity (Wildman–Crippen MR) is 122 cm³/mol. The third-order valence-corrected chi connectivity index (χ3v) is 5.61. The van der Waals surface area contributed by atoms with Crippen molar-refractivity contribution in [3.8, 4) is 23.0 Å². The Hall–Kier alpha value is -4.17. The molecule has 0 bridgehead atoms. The molecule has 0 unspecified atom stereocenters. The second kappa shape index (κ2) is 8.16. The maximum Gasteiger partial charge on any atom is 0.211 e. The highest BCUT2D eigenvalue weighted by molar-refractivity contribution is 7.07. The lowest BCUT2D eigenvalue weighted by Crippen LogP contribution is -2.11. The van der Waals surface area contributed by atoms with Crippen molar-refractivity contribution >= 4 is 34.2 Å². The number of nitrogens with zero attached hydrogens (tertiary/aromatic N) is 3. The number of aromatic hydroxyl groups is 2. The number of furan rings is 1. The summed E-state index contributed by atoms with van der Waals surface area (Å²) in [5, 5.41) is 27.1. The van der Waals surface area contributed by atoms with E-state index in [4.69, 9.17) is 4.42 Å². The van der Waals surface area contributed by atoms with E-state index in [2.05, 4.69) is 10.1 Å². The molecule has 32 heavy (non-hydrogen) atoms. The van der Waals surface area contributed by atoms with Crippen LogP contribution in [0.5, 0.6) is 11.5 Å². The van der Waals surface area contributed by atoms with Crippen LogP contribution in [-0.2, 0) is 0 Å². The van der Waals surface area contributed by atoms with Gasteiger partial charge in [-0.2, -0.15) is 5.10 Å². The molecule has 0 aliphatic carbocycles. The number of phenols is 2. The maximum atomic E-state index is 14.2. The summed E-state index contributed by atoms with van der Waals surface area (Å²) in [5.74, 6) is -0.426. The van der Waals surface area contributed by atoms with E-state index in [9.17, 15) is 14.6 Å². The lowest BCUT2D eigenvalue weighted by Gasteiger charge is -2.03. The molecule has 6 nitrogen and oxygen atoms in total. The molecule has 0 saturated heterocycles. The molecule has 5 rings (SSSR count). The number of aromatic nitrogens is 1.